The van der Waals surface area contributed by atoms with Crippen LogP contribution in [0.5, 0.6) is 0 Å². The lowest BCUT2D eigenvalue weighted by atomic mass is 9.38. The summed E-state index contributed by atoms with van der Waals surface area (Å²) in [5, 5.41) is 207. The second-order valence-electron chi connectivity index (χ2n) is 29.1. The van der Waals surface area contributed by atoms with Gasteiger partial charge >= 0.3 is 0 Å². The van der Waals surface area contributed by atoms with Crippen LogP contribution in [0.4, 0.5) is 0 Å². The van der Waals surface area contributed by atoms with Crippen molar-refractivity contribution in [1.82, 2.24) is 0 Å². The first-order chi connectivity index (χ1) is 41.7. The van der Waals surface area contributed by atoms with Gasteiger partial charge in [0.05, 0.1) is 62.5 Å². The van der Waals surface area contributed by atoms with Crippen molar-refractivity contribution in [3.63, 3.8) is 0 Å². The van der Waals surface area contributed by atoms with Crippen LogP contribution in [0.1, 0.15) is 113 Å². The molecule has 4 saturated heterocycles. The maximum atomic E-state index is 12.8. The van der Waals surface area contributed by atoms with Crippen molar-refractivity contribution in [2.24, 2.45) is 51.2 Å². The summed E-state index contributed by atoms with van der Waals surface area (Å²) < 4.78 is 54.3. The Morgan fingerprint density at radius 1 is 0.528 bits per heavy atom. The van der Waals surface area contributed by atoms with Crippen molar-refractivity contribution < 1.29 is 140 Å². The minimum Gasteiger partial charge on any atom is -0.396 e. The van der Waals surface area contributed by atoms with E-state index in [0.717, 1.165) is 18.4 Å². The van der Waals surface area contributed by atoms with Crippen molar-refractivity contribution in [3.05, 3.63) is 11.6 Å². The van der Waals surface area contributed by atoms with Crippen LogP contribution in [0.2, 0.25) is 0 Å². The summed E-state index contributed by atoms with van der Waals surface area (Å²) >= 11 is 0. The molecule has 0 aromatic rings. The minimum atomic E-state index is -2.04. The van der Waals surface area contributed by atoms with Gasteiger partial charge in [0.2, 0.25) is 0 Å². The maximum Gasteiger partial charge on any atom is 0.187 e. The highest BCUT2D eigenvalue weighted by atomic mass is 16.8. The van der Waals surface area contributed by atoms with Crippen LogP contribution in [0.3, 0.4) is 0 Å². The Kier molecular flexibility index (Phi) is 22.3. The van der Waals surface area contributed by atoms with Gasteiger partial charge in [-0.15, -0.1) is 0 Å². The smallest absolute Gasteiger partial charge is 0.187 e. The molecule has 9 rings (SSSR count). The Labute approximate surface area is 518 Å². The summed E-state index contributed by atoms with van der Waals surface area (Å²) in [4.78, 5) is 0. The molecule has 516 valence electrons. The maximum absolute atomic E-state index is 12.8. The van der Waals surface area contributed by atoms with Crippen LogP contribution in [0.15, 0.2) is 11.6 Å². The highest BCUT2D eigenvalue weighted by molar-refractivity contribution is 5.32. The van der Waals surface area contributed by atoms with Gasteiger partial charge in [-0.05, 0) is 106 Å². The molecule has 3 unspecified atom stereocenters. The van der Waals surface area contributed by atoms with Crippen LogP contribution in [-0.4, -0.2) is 301 Å². The number of rotatable bonds is 20. The monoisotopic (exact) mass is 1280 g/mol. The molecule has 89 heavy (non-hydrogen) atoms. The van der Waals surface area contributed by atoms with Gasteiger partial charge in [0.15, 0.2) is 25.2 Å². The lowest BCUT2D eigenvalue weighted by Crippen LogP contribution is -2.67. The van der Waals surface area contributed by atoms with Crippen molar-refractivity contribution in [2.75, 3.05) is 33.0 Å². The molecule has 9 aliphatic rings. The summed E-state index contributed by atoms with van der Waals surface area (Å²) in [5.74, 6) is -0.811. The molecule has 5 aliphatic carbocycles. The van der Waals surface area contributed by atoms with Gasteiger partial charge < -0.3 is 140 Å². The quantitative estimate of drug-likeness (QED) is 0.0509. The van der Waals surface area contributed by atoms with E-state index < -0.39 is 221 Å². The van der Waals surface area contributed by atoms with E-state index in [9.17, 15) is 97.0 Å². The molecule has 0 spiro atoms. The molecule has 4 heterocycles. The van der Waals surface area contributed by atoms with Crippen molar-refractivity contribution >= 4 is 0 Å². The van der Waals surface area contributed by atoms with E-state index in [2.05, 4.69) is 47.6 Å². The molecule has 28 nitrogen and oxygen atoms in total. The largest absolute Gasteiger partial charge is 0.396 e. The highest BCUT2D eigenvalue weighted by Gasteiger charge is 2.71. The third-order valence-electron chi connectivity index (χ3n) is 23.4. The molecule has 8 fully saturated rings. The average molecular weight is 1290 g/mol. The number of ether oxygens (including phenoxy) is 9. The molecule has 0 bridgehead atoms. The van der Waals surface area contributed by atoms with Crippen LogP contribution in [-0.2, 0) is 42.6 Å². The predicted molar refractivity (Wildman–Crippen MR) is 303 cm³/mol. The van der Waals surface area contributed by atoms with Gasteiger partial charge in [-0.1, -0.05) is 53.2 Å². The van der Waals surface area contributed by atoms with E-state index in [1.54, 1.807) is 0 Å². The van der Waals surface area contributed by atoms with Gasteiger partial charge in [-0.3, -0.25) is 0 Å². The van der Waals surface area contributed by atoms with Gasteiger partial charge in [-0.25, -0.2) is 0 Å². The van der Waals surface area contributed by atoms with Gasteiger partial charge in [0.1, 0.15) is 110 Å². The normalized spacial score (nSPS) is 51.8. The van der Waals surface area contributed by atoms with E-state index in [4.69, 9.17) is 42.6 Å². The van der Waals surface area contributed by atoms with Gasteiger partial charge in [-0.2, -0.15) is 0 Å². The Balaban J connectivity index is 0.879. The summed E-state index contributed by atoms with van der Waals surface area (Å²) in [7, 11) is 0. The van der Waals surface area contributed by atoms with E-state index >= 15 is 0 Å². The predicted octanol–water partition coefficient (Wildman–Crippen LogP) is -4.74. The molecule has 4 saturated carbocycles. The molecule has 4 aliphatic heterocycles. The average Bonchev–Trinajstić information content (AvgIpc) is 1.66. The van der Waals surface area contributed by atoms with E-state index in [0.29, 0.717) is 32.1 Å². The topological polar surface area (TPSA) is 467 Å². The lowest BCUT2D eigenvalue weighted by Gasteiger charge is -2.67. The molecule has 0 amide bonds. The first-order valence-electron chi connectivity index (χ1n) is 31.9. The van der Waals surface area contributed by atoms with Crippen LogP contribution in [0.25, 0.3) is 0 Å². The Bertz CT molecular complexity index is 2350. The van der Waals surface area contributed by atoms with E-state index in [-0.39, 0.29) is 47.3 Å². The fraction of sp³-hybridized carbons (Fsp3) is 0.967. The molecule has 28 heteroatoms. The second-order valence-corrected chi connectivity index (χ2v) is 29.1. The third-order valence-corrected chi connectivity index (χ3v) is 23.4. The van der Waals surface area contributed by atoms with Gasteiger partial charge in [0, 0.05) is 23.4 Å². The Hall–Kier alpha value is -1.38. The summed E-state index contributed by atoms with van der Waals surface area (Å²) in [6, 6.07) is 0. The molecule has 35 atom stereocenters. The summed E-state index contributed by atoms with van der Waals surface area (Å²) in [6.07, 6.45) is -35.4. The number of aliphatic hydroxyl groups is 19. The minimum absolute atomic E-state index is 0.0168. The zero-order valence-corrected chi connectivity index (χ0v) is 52.1. The molecular formula is C61H104O28. The zero-order valence-electron chi connectivity index (χ0n) is 52.1. The number of hydrogen-bond donors (Lipinski definition) is 19. The third kappa shape index (κ3) is 12.9. The first-order valence-corrected chi connectivity index (χ1v) is 31.9. The number of fused-ring (bicyclic) bond motifs is 5. The highest BCUT2D eigenvalue weighted by Crippen LogP contribution is 2.75. The molecule has 19 N–H and O–H groups in total. The zero-order chi connectivity index (χ0) is 65.5. The fourth-order valence-corrected chi connectivity index (χ4v) is 17.7. The van der Waals surface area contributed by atoms with Crippen LogP contribution < -0.4 is 0 Å². The van der Waals surface area contributed by atoms with Crippen molar-refractivity contribution in [1.29, 1.82) is 0 Å². The van der Waals surface area contributed by atoms with E-state index in [1.807, 2.05) is 0 Å². The summed E-state index contributed by atoms with van der Waals surface area (Å²) in [5.41, 5.74) is -2.39. The Morgan fingerprint density at radius 3 is 1.60 bits per heavy atom. The standard InChI is InChI=1S/C61H104O28/c1-24(9-13-37(58(4,5)80)87-56-52(46(76)41(71)31(21-64)85-56)89-55-49(79)51(43(73)33(23-66)84-55)88-53-47(77)45(75)40(70)30(20-63)82-53)26-15-16-59(6)34-12-10-27-28(61(34,8)35(67)18-60(26,59)7)11-14-36(57(27,2)3)86-54-48(78)50(42(72)32(22-65)83-54)81-29-17-25(19-62)38(68)44(74)39(29)69/h10,24-26,28-56,62-80H,9,11-23H2,1-8H3/t24-,25-,26?,28?,29-,30-,31-,32-,33-,34?,35-,36+,37-,38-,39+,40-,41-,42-,43-,44+,45+,46+,47-,48-,49-,50+,51+,52-,53+,54+,55+,56+,59+,60-,61+/m1/s1. The summed E-state index contributed by atoms with van der Waals surface area (Å²) in [6.45, 7) is 12.5. The molecule has 0 aromatic heterocycles. The molecule has 0 aromatic carbocycles. The molecule has 0 radical (unpaired) electrons. The van der Waals surface area contributed by atoms with Crippen LogP contribution >= 0.6 is 0 Å². The SMILES string of the molecule is C[C@H](CC[C@@H](O[C@@H]1O[C@H](CO)[C@@H](O)[C@H](O)[C@H]1O[C@@H]1O[C@H](CO)[C@@H](O)[C@H](O[C@@H]2O[C@H](CO)[C@@H](O)[C@H](O)[C@H]2O)[C@H]1O)C(C)(C)O)C1CC[C@@]2(C)C3CC=C4C(CC[C@H](O[C@@H]5O[C@H](CO)[C@@H](O)[C@H](O[C@@H]6C[C@H](CO)[C@@H](O)[C@H](O)[C@H]6O)[C@H]5O)C4(C)C)[C@]3(C)[C@H](O)C[C@]12C. The lowest BCUT2D eigenvalue weighted by molar-refractivity contribution is -0.390. The number of aliphatic hydroxyl groups excluding tert-OH is 18. The molecular weight excluding hydrogens is 1180 g/mol. The van der Waals surface area contributed by atoms with Crippen molar-refractivity contribution in [2.45, 2.75) is 284 Å². The number of hydrogen-bond acceptors (Lipinski definition) is 28. The van der Waals surface area contributed by atoms with Crippen LogP contribution in [0, 0.1) is 51.2 Å². The first kappa shape index (κ1) is 71.9. The fourth-order valence-electron chi connectivity index (χ4n) is 17.7. The number of allylic oxidation sites excluding steroid dienone is 1. The van der Waals surface area contributed by atoms with Gasteiger partial charge in [0.25, 0.3) is 0 Å². The second kappa shape index (κ2) is 27.6. The van der Waals surface area contributed by atoms with E-state index in [1.165, 1.54) is 13.8 Å². The Morgan fingerprint density at radius 2 is 1.03 bits per heavy atom. The van der Waals surface area contributed by atoms with Crippen molar-refractivity contribution in [3.8, 4) is 0 Å².